The van der Waals surface area contributed by atoms with Crippen LogP contribution in [0.1, 0.15) is 20.8 Å². The van der Waals surface area contributed by atoms with E-state index in [0.29, 0.717) is 18.0 Å². The van der Waals surface area contributed by atoms with Gasteiger partial charge in [0, 0.05) is 18.3 Å². The van der Waals surface area contributed by atoms with Crippen molar-refractivity contribution in [1.82, 2.24) is 10.6 Å². The zero-order chi connectivity index (χ0) is 17.5. The van der Waals surface area contributed by atoms with Crippen molar-refractivity contribution in [2.24, 2.45) is 0 Å². The third kappa shape index (κ3) is 7.85. The molecule has 1 amide bonds. The Balaban J connectivity index is 2.55. The van der Waals surface area contributed by atoms with Gasteiger partial charge >= 0.3 is 0 Å². The Labute approximate surface area is 137 Å². The van der Waals surface area contributed by atoms with Gasteiger partial charge in [0.1, 0.15) is 11.5 Å². The first-order valence-corrected chi connectivity index (χ1v) is 9.08. The Morgan fingerprint density at radius 2 is 1.78 bits per heavy atom. The van der Waals surface area contributed by atoms with E-state index in [9.17, 15) is 13.2 Å². The lowest BCUT2D eigenvalue weighted by Crippen LogP contribution is -2.40. The normalized spacial score (nSPS) is 12.7. The average Bonchev–Trinajstić information content (AvgIpc) is 2.45. The van der Waals surface area contributed by atoms with Crippen LogP contribution >= 0.6 is 0 Å². The van der Waals surface area contributed by atoms with Gasteiger partial charge in [-0.05, 0) is 52.1 Å². The molecule has 7 nitrogen and oxygen atoms in total. The van der Waals surface area contributed by atoms with Crippen LogP contribution in [0.25, 0.3) is 0 Å². The minimum absolute atomic E-state index is 0.0428. The third-order valence-corrected chi connectivity index (χ3v) is 4.11. The largest absolute Gasteiger partial charge is 0.491 e. The van der Waals surface area contributed by atoms with Crippen molar-refractivity contribution < 1.29 is 17.9 Å². The lowest BCUT2D eigenvalue weighted by Gasteiger charge is -2.13. The lowest BCUT2D eigenvalue weighted by atomic mass is 10.3. The van der Waals surface area contributed by atoms with Crippen molar-refractivity contribution in [3.05, 3.63) is 24.3 Å². The molecule has 0 radical (unpaired) electrons. The quantitative estimate of drug-likeness (QED) is 0.620. The maximum atomic E-state index is 12.0. The first-order valence-electron chi connectivity index (χ1n) is 7.43. The Bertz CT molecular complexity index is 600. The van der Waals surface area contributed by atoms with E-state index in [4.69, 9.17) is 4.74 Å². The van der Waals surface area contributed by atoms with E-state index in [0.717, 1.165) is 0 Å². The number of hydrogen-bond donors (Lipinski definition) is 3. The summed E-state index contributed by atoms with van der Waals surface area (Å²) in [4.78, 5) is 11.7. The van der Waals surface area contributed by atoms with Crippen molar-refractivity contribution in [1.29, 1.82) is 0 Å². The molecule has 1 unspecified atom stereocenters. The number of likely N-dealkylation sites (N-methyl/N-ethyl adjacent to an activating group) is 1. The van der Waals surface area contributed by atoms with Gasteiger partial charge < -0.3 is 15.4 Å². The highest BCUT2D eigenvalue weighted by Crippen LogP contribution is 2.17. The second-order valence-electron chi connectivity index (χ2n) is 5.55. The Kier molecular flexibility index (Phi) is 7.31. The van der Waals surface area contributed by atoms with Gasteiger partial charge in [-0.1, -0.05) is 0 Å². The monoisotopic (exact) mass is 343 g/mol. The number of anilines is 1. The van der Waals surface area contributed by atoms with E-state index in [-0.39, 0.29) is 12.1 Å². The van der Waals surface area contributed by atoms with Gasteiger partial charge in [-0.2, -0.15) is 0 Å². The number of amides is 1. The topological polar surface area (TPSA) is 96.5 Å². The van der Waals surface area contributed by atoms with Crippen molar-refractivity contribution in [2.45, 2.75) is 32.9 Å². The molecule has 0 aliphatic heterocycles. The van der Waals surface area contributed by atoms with Crippen LogP contribution in [-0.2, 0) is 14.8 Å². The number of rotatable bonds is 9. The minimum atomic E-state index is -3.75. The molecule has 1 atom stereocenters. The van der Waals surface area contributed by atoms with E-state index in [1.807, 2.05) is 20.8 Å². The summed E-state index contributed by atoms with van der Waals surface area (Å²) in [5, 5.41) is 5.52. The van der Waals surface area contributed by atoms with Crippen LogP contribution in [0.5, 0.6) is 5.75 Å². The van der Waals surface area contributed by atoms with Crippen LogP contribution in [0.3, 0.4) is 0 Å². The van der Waals surface area contributed by atoms with E-state index in [1.165, 1.54) is 0 Å². The number of carbonyl (C=O) groups excluding carboxylic acids is 1. The minimum Gasteiger partial charge on any atom is -0.491 e. The van der Waals surface area contributed by atoms with Crippen LogP contribution in [0.4, 0.5) is 5.69 Å². The fourth-order valence-electron chi connectivity index (χ4n) is 1.68. The summed E-state index contributed by atoms with van der Waals surface area (Å²) in [6, 6.07) is 6.61. The predicted molar refractivity (Wildman–Crippen MR) is 91.1 cm³/mol. The summed E-state index contributed by atoms with van der Waals surface area (Å²) in [7, 11) is -1.98. The zero-order valence-electron chi connectivity index (χ0n) is 13.9. The van der Waals surface area contributed by atoms with Crippen LogP contribution in [0, 0.1) is 0 Å². The maximum Gasteiger partial charge on any atom is 0.241 e. The molecule has 0 saturated carbocycles. The molecule has 0 aliphatic carbocycles. The summed E-state index contributed by atoms with van der Waals surface area (Å²) in [5.74, 6) is -0.505. The molecule has 8 heteroatoms. The predicted octanol–water partition coefficient (Wildman–Crippen LogP) is 0.940. The summed E-state index contributed by atoms with van der Waals surface area (Å²) in [5.41, 5.74) is 0.387. The number of nitrogens with one attached hydrogen (secondary N) is 3. The summed E-state index contributed by atoms with van der Waals surface area (Å²) in [6.07, 6.45) is 0.0428. The number of sulfonamides is 1. The fraction of sp³-hybridized carbons (Fsp3) is 0.533. The molecule has 1 aromatic rings. The number of hydrogen-bond acceptors (Lipinski definition) is 5. The van der Waals surface area contributed by atoms with E-state index in [2.05, 4.69) is 15.4 Å². The molecule has 0 saturated heterocycles. The zero-order valence-corrected chi connectivity index (χ0v) is 14.7. The fourth-order valence-corrected chi connectivity index (χ4v) is 2.70. The summed E-state index contributed by atoms with van der Waals surface area (Å²) in [6.45, 7) is 6.06. The smallest absolute Gasteiger partial charge is 0.241 e. The van der Waals surface area contributed by atoms with Gasteiger partial charge in [0.25, 0.3) is 0 Å². The Hall–Kier alpha value is -1.80. The molecular formula is C15H25N3O4S. The first kappa shape index (κ1) is 19.2. The molecule has 0 aliphatic rings. The van der Waals surface area contributed by atoms with E-state index < -0.39 is 21.7 Å². The van der Waals surface area contributed by atoms with Crippen LogP contribution in [0.2, 0.25) is 0 Å². The van der Waals surface area contributed by atoms with Gasteiger partial charge in [-0.25, -0.2) is 8.42 Å². The molecule has 0 aromatic heterocycles. The average molecular weight is 343 g/mol. The summed E-state index contributed by atoms with van der Waals surface area (Å²) >= 11 is 0. The molecule has 23 heavy (non-hydrogen) atoms. The van der Waals surface area contributed by atoms with E-state index >= 15 is 0 Å². The van der Waals surface area contributed by atoms with Crippen molar-refractivity contribution in [2.75, 3.05) is 24.1 Å². The summed E-state index contributed by atoms with van der Waals surface area (Å²) < 4.78 is 31.8. The molecular weight excluding hydrogens is 318 g/mol. The molecule has 3 N–H and O–H groups in total. The maximum absolute atomic E-state index is 12.0. The SMILES string of the molecule is CNC(C)CNC(=O)CS(=O)(=O)Nc1ccc(OC(C)C)cc1. The van der Waals surface area contributed by atoms with Crippen molar-refractivity contribution in [3.63, 3.8) is 0 Å². The van der Waals surface area contributed by atoms with E-state index in [1.54, 1.807) is 31.3 Å². The molecule has 0 fully saturated rings. The molecule has 0 heterocycles. The van der Waals surface area contributed by atoms with Gasteiger partial charge in [-0.3, -0.25) is 9.52 Å². The highest BCUT2D eigenvalue weighted by atomic mass is 32.2. The van der Waals surface area contributed by atoms with Gasteiger partial charge in [0.05, 0.1) is 6.10 Å². The first-order chi connectivity index (χ1) is 10.7. The number of benzene rings is 1. The molecule has 130 valence electrons. The molecule has 0 bridgehead atoms. The highest BCUT2D eigenvalue weighted by molar-refractivity contribution is 7.93. The third-order valence-electron chi connectivity index (χ3n) is 2.92. The Morgan fingerprint density at radius 3 is 2.30 bits per heavy atom. The van der Waals surface area contributed by atoms with Crippen molar-refractivity contribution in [3.8, 4) is 5.75 Å². The number of ether oxygens (including phenoxy) is 1. The van der Waals surface area contributed by atoms with Gasteiger partial charge in [-0.15, -0.1) is 0 Å². The standard InChI is InChI=1S/C15H25N3O4S/c1-11(2)22-14-7-5-13(6-8-14)18-23(20,21)10-15(19)17-9-12(3)16-4/h5-8,11-12,16,18H,9-10H2,1-4H3,(H,17,19). The second kappa shape index (κ2) is 8.73. The number of carbonyl (C=O) groups is 1. The molecule has 1 rings (SSSR count). The van der Waals surface area contributed by atoms with Crippen LogP contribution in [-0.4, -0.2) is 45.8 Å². The van der Waals surface area contributed by atoms with Crippen LogP contribution < -0.4 is 20.1 Å². The van der Waals surface area contributed by atoms with Crippen molar-refractivity contribution >= 4 is 21.6 Å². The molecule has 1 aromatic carbocycles. The van der Waals surface area contributed by atoms with Gasteiger partial charge in [0.2, 0.25) is 15.9 Å². The van der Waals surface area contributed by atoms with Gasteiger partial charge in [0.15, 0.2) is 0 Å². The molecule has 0 spiro atoms. The van der Waals surface area contributed by atoms with Crippen LogP contribution in [0.15, 0.2) is 24.3 Å². The lowest BCUT2D eigenvalue weighted by molar-refractivity contribution is -0.118. The second-order valence-corrected chi connectivity index (χ2v) is 7.27. The highest BCUT2D eigenvalue weighted by Gasteiger charge is 2.16. The Morgan fingerprint density at radius 1 is 1.17 bits per heavy atom.